The Hall–Kier alpha value is -4.63. The summed E-state index contributed by atoms with van der Waals surface area (Å²) >= 11 is 1.21. The number of phenolic OH excluding ortho intramolecular Hbond substituents is 1. The molecule has 0 saturated carbocycles. The summed E-state index contributed by atoms with van der Waals surface area (Å²) in [6.07, 6.45) is 0. The molecule has 1 atom stereocenters. The van der Waals surface area contributed by atoms with E-state index in [0.29, 0.717) is 39.1 Å². The Morgan fingerprint density at radius 3 is 2.48 bits per heavy atom. The van der Waals surface area contributed by atoms with Gasteiger partial charge in [0.1, 0.15) is 10.8 Å². The lowest BCUT2D eigenvalue weighted by molar-refractivity contribution is -0.130. The number of Topliss-reactive ketones (excluding diaryl/α,β-unsaturated/α-hetero) is 1. The number of phenols is 1. The third-order valence-electron chi connectivity index (χ3n) is 6.70. The number of hydrogen-bond acceptors (Lipinski definition) is 8. The van der Waals surface area contributed by atoms with Crippen molar-refractivity contribution in [3.63, 3.8) is 0 Å². The summed E-state index contributed by atoms with van der Waals surface area (Å²) < 4.78 is 11.1. The molecule has 0 bridgehead atoms. The lowest BCUT2D eigenvalue weighted by Gasteiger charge is -2.28. The normalized spacial score (nSPS) is 15.0. The van der Waals surface area contributed by atoms with Gasteiger partial charge in [0.25, 0.3) is 5.91 Å². The fraction of sp³-hybridized carbons (Fsp3) is 0.194. The van der Waals surface area contributed by atoms with Gasteiger partial charge in [-0.15, -0.1) is 11.3 Å². The number of amides is 1. The summed E-state index contributed by atoms with van der Waals surface area (Å²) in [7, 11) is 1.54. The van der Waals surface area contributed by atoms with Crippen LogP contribution in [0.1, 0.15) is 39.5 Å². The Kier molecular flexibility index (Phi) is 7.57. The molecule has 1 aliphatic rings. The Morgan fingerprint density at radius 1 is 1.02 bits per heavy atom. The molecule has 40 heavy (non-hydrogen) atoms. The maximum atomic E-state index is 14.1. The smallest absolute Gasteiger partial charge is 0.290 e. The second-order valence-electron chi connectivity index (χ2n) is 9.20. The van der Waals surface area contributed by atoms with Gasteiger partial charge in [0.05, 0.1) is 42.4 Å². The Labute approximate surface area is 235 Å². The van der Waals surface area contributed by atoms with E-state index in [1.165, 1.54) is 29.4 Å². The fourth-order valence-electron chi connectivity index (χ4n) is 4.82. The average Bonchev–Trinajstić information content (AvgIpc) is 3.48. The van der Waals surface area contributed by atoms with Crippen LogP contribution in [0.25, 0.3) is 10.6 Å². The molecule has 0 spiro atoms. The predicted octanol–water partition coefficient (Wildman–Crippen LogP) is 6.01. The molecule has 1 amide bonds. The molecule has 204 valence electrons. The highest BCUT2D eigenvalue weighted by molar-refractivity contribution is 7.17. The molecule has 4 aromatic rings. The van der Waals surface area contributed by atoms with E-state index in [0.717, 1.165) is 5.56 Å². The first kappa shape index (κ1) is 27.0. The van der Waals surface area contributed by atoms with Crippen molar-refractivity contribution in [3.05, 3.63) is 106 Å². The number of carbonyl (C=O) groups excluding carboxylic acids is 2. The van der Waals surface area contributed by atoms with Crippen LogP contribution in [0, 0.1) is 6.92 Å². The number of hydrogen-bond donors (Lipinski definition) is 2. The van der Waals surface area contributed by atoms with Crippen molar-refractivity contribution in [2.24, 2.45) is 0 Å². The second-order valence-corrected chi connectivity index (χ2v) is 10.2. The molecule has 8 nitrogen and oxygen atoms in total. The van der Waals surface area contributed by atoms with Crippen LogP contribution in [0.15, 0.2) is 84.1 Å². The molecular formula is C31H28N2O6S. The number of nitrogens with zero attached hydrogens (tertiary/aromatic N) is 2. The maximum Gasteiger partial charge on any atom is 0.290 e. The minimum atomic E-state index is -0.952. The lowest BCUT2D eigenvalue weighted by atomic mass is 9.94. The van der Waals surface area contributed by atoms with E-state index in [1.54, 1.807) is 32.0 Å². The number of aryl methyl sites for hydroxylation is 1. The maximum absolute atomic E-state index is 14.1. The molecular weight excluding hydrogens is 528 g/mol. The number of aromatic hydroxyl groups is 1. The molecule has 1 aliphatic heterocycles. The Morgan fingerprint density at radius 2 is 1.75 bits per heavy atom. The van der Waals surface area contributed by atoms with Crippen LogP contribution < -0.4 is 9.47 Å². The molecule has 2 heterocycles. The number of carbonyl (C=O) groups is 2. The van der Waals surface area contributed by atoms with Gasteiger partial charge in [-0.2, -0.15) is 0 Å². The summed E-state index contributed by atoms with van der Waals surface area (Å²) in [5.41, 5.74) is 2.52. The topological polar surface area (TPSA) is 109 Å². The summed E-state index contributed by atoms with van der Waals surface area (Å²) in [5, 5.41) is 22.2. The lowest BCUT2D eigenvalue weighted by Crippen LogP contribution is -2.31. The van der Waals surface area contributed by atoms with Gasteiger partial charge in [-0.1, -0.05) is 54.6 Å². The van der Waals surface area contributed by atoms with E-state index >= 15 is 0 Å². The van der Waals surface area contributed by atoms with E-state index in [1.807, 2.05) is 48.5 Å². The van der Waals surface area contributed by atoms with Gasteiger partial charge in [0, 0.05) is 11.1 Å². The van der Waals surface area contributed by atoms with Gasteiger partial charge < -0.3 is 24.6 Å². The molecule has 1 aromatic heterocycles. The number of aromatic nitrogens is 1. The zero-order valence-electron chi connectivity index (χ0n) is 22.2. The number of aliphatic hydroxyl groups is 1. The van der Waals surface area contributed by atoms with Crippen molar-refractivity contribution in [2.45, 2.75) is 26.4 Å². The standard InChI is InChI=1S/C31H28N2O6S/c1-4-39-24-16-20(14-15-22(24)34)26-25(27(35)29-18(2)32-30(40-29)19-10-6-5-7-11-19)28(36)31(37)33(26)17-21-12-8-9-13-23(21)38-3/h5-16,26,34,36H,4,17H2,1-3H3. The number of ether oxygens (including phenoxy) is 2. The van der Waals surface area contributed by atoms with Crippen molar-refractivity contribution in [2.75, 3.05) is 13.7 Å². The fourth-order valence-corrected chi connectivity index (χ4v) is 5.84. The summed E-state index contributed by atoms with van der Waals surface area (Å²) in [6, 6.07) is 20.5. The third kappa shape index (κ3) is 4.91. The molecule has 2 N–H and O–H groups in total. The van der Waals surface area contributed by atoms with Crippen LogP contribution in [0.3, 0.4) is 0 Å². The minimum Gasteiger partial charge on any atom is -0.504 e. The average molecular weight is 557 g/mol. The molecule has 1 unspecified atom stereocenters. The summed E-state index contributed by atoms with van der Waals surface area (Å²) in [4.78, 5) is 34.0. The SMILES string of the molecule is CCOc1cc(C2C(C(=O)c3sc(-c4ccccc4)nc3C)=C(O)C(=O)N2Cc2ccccc2OC)ccc1O. The van der Waals surface area contributed by atoms with E-state index < -0.39 is 23.5 Å². The second kappa shape index (κ2) is 11.2. The highest BCUT2D eigenvalue weighted by Crippen LogP contribution is 2.44. The van der Waals surface area contributed by atoms with Gasteiger partial charge in [-0.05, 0) is 37.6 Å². The zero-order chi connectivity index (χ0) is 28.4. The molecule has 3 aromatic carbocycles. The van der Waals surface area contributed by atoms with Gasteiger partial charge in [-0.25, -0.2) is 4.98 Å². The number of benzene rings is 3. The molecule has 0 aliphatic carbocycles. The third-order valence-corrected chi connectivity index (χ3v) is 7.91. The van der Waals surface area contributed by atoms with E-state index in [2.05, 4.69) is 4.98 Å². The number of methoxy groups -OCH3 is 1. The molecule has 5 rings (SSSR count). The summed E-state index contributed by atoms with van der Waals surface area (Å²) in [6.45, 7) is 3.90. The van der Waals surface area contributed by atoms with Crippen molar-refractivity contribution in [1.29, 1.82) is 0 Å². The van der Waals surface area contributed by atoms with E-state index in [9.17, 15) is 19.8 Å². The number of para-hydroxylation sites is 1. The Bertz CT molecular complexity index is 1610. The van der Waals surface area contributed by atoms with E-state index in [4.69, 9.17) is 9.47 Å². The first-order valence-electron chi connectivity index (χ1n) is 12.7. The van der Waals surface area contributed by atoms with Gasteiger partial charge in [0.2, 0.25) is 5.78 Å². The predicted molar refractivity (Wildman–Crippen MR) is 152 cm³/mol. The van der Waals surface area contributed by atoms with E-state index in [-0.39, 0.29) is 23.6 Å². The molecule has 0 saturated heterocycles. The van der Waals surface area contributed by atoms with Crippen LogP contribution in [0.4, 0.5) is 0 Å². The van der Waals surface area contributed by atoms with Crippen molar-refractivity contribution < 1.29 is 29.3 Å². The van der Waals surface area contributed by atoms with Gasteiger partial charge in [0.15, 0.2) is 17.3 Å². The largest absolute Gasteiger partial charge is 0.504 e. The number of rotatable bonds is 9. The Balaban J connectivity index is 1.62. The zero-order valence-corrected chi connectivity index (χ0v) is 23.1. The highest BCUT2D eigenvalue weighted by atomic mass is 32.1. The van der Waals surface area contributed by atoms with Crippen LogP contribution in [-0.2, 0) is 11.3 Å². The minimum absolute atomic E-state index is 0.0561. The van der Waals surface area contributed by atoms with Crippen LogP contribution in [0.2, 0.25) is 0 Å². The van der Waals surface area contributed by atoms with Crippen molar-refractivity contribution in [1.82, 2.24) is 9.88 Å². The van der Waals surface area contributed by atoms with Crippen LogP contribution in [-0.4, -0.2) is 45.5 Å². The van der Waals surface area contributed by atoms with Gasteiger partial charge >= 0.3 is 0 Å². The van der Waals surface area contributed by atoms with Gasteiger partial charge in [-0.3, -0.25) is 9.59 Å². The highest BCUT2D eigenvalue weighted by Gasteiger charge is 2.45. The quantitative estimate of drug-likeness (QED) is 0.243. The molecule has 0 fully saturated rings. The van der Waals surface area contributed by atoms with Crippen molar-refractivity contribution >= 4 is 23.0 Å². The molecule has 9 heteroatoms. The monoisotopic (exact) mass is 556 g/mol. The number of ketones is 1. The first-order chi connectivity index (χ1) is 19.3. The molecule has 0 radical (unpaired) electrons. The van der Waals surface area contributed by atoms with Crippen LogP contribution in [0.5, 0.6) is 17.2 Å². The van der Waals surface area contributed by atoms with Crippen LogP contribution >= 0.6 is 11.3 Å². The number of aliphatic hydroxyl groups excluding tert-OH is 1. The number of thiazole rings is 1. The van der Waals surface area contributed by atoms with Crippen molar-refractivity contribution in [3.8, 4) is 27.8 Å². The first-order valence-corrected chi connectivity index (χ1v) is 13.5. The summed E-state index contributed by atoms with van der Waals surface area (Å²) in [5.74, 6) is -1.08.